The zero-order valence-electron chi connectivity index (χ0n) is 16.0. The SMILES string of the molecule is CCN(C(=O)c1c([Si](C)(C)C)ccc(I)c1Cl)C(OC)C(C)(C)C. The predicted octanol–water partition coefficient (Wildman–Crippen LogP) is 4.97. The zero-order valence-corrected chi connectivity index (χ0v) is 19.9. The van der Waals surface area contributed by atoms with Crippen LogP contribution in [-0.4, -0.2) is 38.8 Å². The summed E-state index contributed by atoms with van der Waals surface area (Å²) in [6.45, 7) is 15.5. The van der Waals surface area contributed by atoms with Gasteiger partial charge in [0, 0.05) is 22.6 Å². The Morgan fingerprint density at radius 3 is 2.25 bits per heavy atom. The summed E-state index contributed by atoms with van der Waals surface area (Å²) < 4.78 is 6.58. The summed E-state index contributed by atoms with van der Waals surface area (Å²) in [5.74, 6) is -0.0415. The summed E-state index contributed by atoms with van der Waals surface area (Å²) in [6, 6.07) is 4.07. The monoisotopic (exact) mass is 481 g/mol. The molecule has 0 saturated carbocycles. The summed E-state index contributed by atoms with van der Waals surface area (Å²) in [7, 11) is -0.0661. The third-order valence-corrected chi connectivity index (χ3v) is 7.61. The van der Waals surface area contributed by atoms with E-state index in [-0.39, 0.29) is 17.6 Å². The Kier molecular flexibility index (Phi) is 7.36. The molecule has 0 N–H and O–H groups in total. The lowest BCUT2D eigenvalue weighted by Crippen LogP contribution is -2.51. The van der Waals surface area contributed by atoms with Gasteiger partial charge >= 0.3 is 0 Å². The molecule has 1 rings (SSSR count). The minimum Gasteiger partial charge on any atom is -0.361 e. The van der Waals surface area contributed by atoms with Crippen LogP contribution in [0.5, 0.6) is 0 Å². The molecule has 0 saturated heterocycles. The Labute approximate surface area is 166 Å². The minimum atomic E-state index is -1.72. The van der Waals surface area contributed by atoms with Crippen LogP contribution in [0.2, 0.25) is 24.7 Å². The number of ether oxygens (including phenoxy) is 1. The molecule has 0 aromatic heterocycles. The number of hydrogen-bond acceptors (Lipinski definition) is 2. The highest BCUT2D eigenvalue weighted by Crippen LogP contribution is 2.29. The van der Waals surface area contributed by atoms with Crippen molar-refractivity contribution in [1.29, 1.82) is 0 Å². The quantitative estimate of drug-likeness (QED) is 0.337. The molecule has 0 radical (unpaired) electrons. The second-order valence-corrected chi connectivity index (χ2v) is 14.7. The Bertz CT molecular complexity index is 608. The third kappa shape index (κ3) is 4.74. The largest absolute Gasteiger partial charge is 0.361 e. The maximum atomic E-state index is 13.4. The Morgan fingerprint density at radius 2 is 1.88 bits per heavy atom. The fourth-order valence-corrected chi connectivity index (χ4v) is 5.23. The van der Waals surface area contributed by atoms with Crippen LogP contribution in [0.4, 0.5) is 0 Å². The molecule has 0 aliphatic carbocycles. The zero-order chi connectivity index (χ0) is 18.9. The van der Waals surface area contributed by atoms with Crippen LogP contribution in [0.1, 0.15) is 38.1 Å². The number of carbonyl (C=O) groups is 1. The number of benzene rings is 1. The number of hydrogen-bond donors (Lipinski definition) is 0. The standard InChI is InChI=1S/C18H29ClINO2Si/c1-9-21(17(23-5)18(2,3)4)16(22)14-13(24(6,7)8)11-10-12(20)15(14)19/h10-11,17H,9H2,1-8H3. The van der Waals surface area contributed by atoms with Crippen LogP contribution in [-0.2, 0) is 4.74 Å². The molecule has 1 unspecified atom stereocenters. The average molecular weight is 482 g/mol. The van der Waals surface area contributed by atoms with Crippen molar-refractivity contribution in [3.8, 4) is 0 Å². The van der Waals surface area contributed by atoms with Gasteiger partial charge in [0.15, 0.2) is 0 Å². The Morgan fingerprint density at radius 1 is 1.33 bits per heavy atom. The number of amides is 1. The van der Waals surface area contributed by atoms with Gasteiger partial charge in [-0.25, -0.2) is 0 Å². The molecule has 3 nitrogen and oxygen atoms in total. The number of carbonyl (C=O) groups excluding carboxylic acids is 1. The van der Waals surface area contributed by atoms with Crippen LogP contribution >= 0.6 is 34.2 Å². The predicted molar refractivity (Wildman–Crippen MR) is 114 cm³/mol. The van der Waals surface area contributed by atoms with Crippen molar-refractivity contribution in [2.24, 2.45) is 5.41 Å². The van der Waals surface area contributed by atoms with E-state index >= 15 is 0 Å². The third-order valence-electron chi connectivity index (χ3n) is 3.97. The molecular weight excluding hydrogens is 453 g/mol. The van der Waals surface area contributed by atoms with Gasteiger partial charge in [-0.05, 0) is 40.8 Å². The van der Waals surface area contributed by atoms with E-state index in [4.69, 9.17) is 16.3 Å². The van der Waals surface area contributed by atoms with Crippen molar-refractivity contribution >= 4 is 53.4 Å². The van der Waals surface area contributed by atoms with E-state index in [1.165, 1.54) is 0 Å². The molecule has 136 valence electrons. The first-order valence-electron chi connectivity index (χ1n) is 8.18. The molecule has 0 heterocycles. The van der Waals surface area contributed by atoms with Gasteiger partial charge in [-0.2, -0.15) is 0 Å². The fourth-order valence-electron chi connectivity index (χ4n) is 2.89. The molecule has 0 bridgehead atoms. The molecule has 0 fully saturated rings. The van der Waals surface area contributed by atoms with Crippen molar-refractivity contribution in [3.63, 3.8) is 0 Å². The van der Waals surface area contributed by atoms with Crippen molar-refractivity contribution < 1.29 is 9.53 Å². The van der Waals surface area contributed by atoms with E-state index in [2.05, 4.69) is 69.1 Å². The van der Waals surface area contributed by atoms with E-state index in [1.54, 1.807) is 12.0 Å². The molecule has 1 aromatic carbocycles. The Balaban J connectivity index is 3.53. The van der Waals surface area contributed by atoms with Gasteiger partial charge < -0.3 is 9.64 Å². The number of rotatable bonds is 5. The van der Waals surface area contributed by atoms with E-state index in [9.17, 15) is 4.79 Å². The lowest BCUT2D eigenvalue weighted by molar-refractivity contribution is -0.0792. The second kappa shape index (κ2) is 8.06. The van der Waals surface area contributed by atoms with Gasteiger partial charge in [-0.3, -0.25) is 4.79 Å². The van der Waals surface area contributed by atoms with Crippen molar-refractivity contribution in [3.05, 3.63) is 26.3 Å². The van der Waals surface area contributed by atoms with Crippen molar-refractivity contribution in [2.75, 3.05) is 13.7 Å². The molecule has 0 aliphatic rings. The smallest absolute Gasteiger partial charge is 0.257 e. The molecular formula is C18H29ClINO2Si. The van der Waals surface area contributed by atoms with E-state index < -0.39 is 8.07 Å². The normalized spacial score (nSPS) is 13.8. The van der Waals surface area contributed by atoms with Crippen LogP contribution in [0.15, 0.2) is 12.1 Å². The van der Waals surface area contributed by atoms with Crippen molar-refractivity contribution in [1.82, 2.24) is 4.90 Å². The van der Waals surface area contributed by atoms with Gasteiger partial charge in [-0.15, -0.1) is 0 Å². The number of methoxy groups -OCH3 is 1. The summed E-state index contributed by atoms with van der Waals surface area (Å²) >= 11 is 8.78. The lowest BCUT2D eigenvalue weighted by Gasteiger charge is -2.39. The second-order valence-electron chi connectivity index (χ2n) is 8.08. The highest BCUT2D eigenvalue weighted by molar-refractivity contribution is 14.1. The first-order chi connectivity index (χ1) is 10.9. The fraction of sp³-hybridized carbons (Fsp3) is 0.611. The highest BCUT2D eigenvalue weighted by atomic mass is 127. The molecule has 0 aliphatic heterocycles. The van der Waals surface area contributed by atoms with Crippen molar-refractivity contribution in [2.45, 2.75) is 53.6 Å². The van der Waals surface area contributed by atoms with E-state index in [1.807, 2.05) is 13.0 Å². The van der Waals surface area contributed by atoms with Gasteiger partial charge in [0.05, 0.1) is 18.7 Å². The van der Waals surface area contributed by atoms with Crippen LogP contribution in [0, 0.1) is 8.99 Å². The van der Waals surface area contributed by atoms with Crippen LogP contribution in [0.3, 0.4) is 0 Å². The first-order valence-corrected chi connectivity index (χ1v) is 13.1. The molecule has 1 aromatic rings. The number of nitrogens with zero attached hydrogens (tertiary/aromatic N) is 1. The lowest BCUT2D eigenvalue weighted by atomic mass is 9.92. The summed E-state index contributed by atoms with van der Waals surface area (Å²) in [6.07, 6.45) is -0.307. The van der Waals surface area contributed by atoms with Gasteiger partial charge in [0.1, 0.15) is 6.23 Å². The topological polar surface area (TPSA) is 29.5 Å². The van der Waals surface area contributed by atoms with E-state index in [0.29, 0.717) is 17.1 Å². The summed E-state index contributed by atoms with van der Waals surface area (Å²) in [5.41, 5.74) is 0.463. The molecule has 1 atom stereocenters. The first kappa shape index (κ1) is 21.9. The van der Waals surface area contributed by atoms with Gasteiger partial charge in [0.2, 0.25) is 0 Å². The molecule has 1 amide bonds. The van der Waals surface area contributed by atoms with Gasteiger partial charge in [-0.1, -0.05) is 58.1 Å². The minimum absolute atomic E-state index is 0.0415. The Hall–Kier alpha value is -0.113. The highest BCUT2D eigenvalue weighted by Gasteiger charge is 2.36. The molecule has 6 heteroatoms. The molecule has 24 heavy (non-hydrogen) atoms. The number of halogens is 2. The van der Waals surface area contributed by atoms with Gasteiger partial charge in [0.25, 0.3) is 5.91 Å². The summed E-state index contributed by atoms with van der Waals surface area (Å²) in [4.78, 5) is 15.2. The average Bonchev–Trinajstić information content (AvgIpc) is 2.43. The van der Waals surface area contributed by atoms with Crippen LogP contribution < -0.4 is 5.19 Å². The maximum Gasteiger partial charge on any atom is 0.257 e. The van der Waals surface area contributed by atoms with Crippen LogP contribution in [0.25, 0.3) is 0 Å². The van der Waals surface area contributed by atoms with E-state index in [0.717, 1.165) is 8.76 Å². The molecule has 0 spiro atoms. The summed E-state index contributed by atoms with van der Waals surface area (Å²) in [5, 5.41) is 1.66. The maximum absolute atomic E-state index is 13.4.